The third-order valence-electron chi connectivity index (χ3n) is 1.90. The summed E-state index contributed by atoms with van der Waals surface area (Å²) >= 11 is 0. The minimum absolute atomic E-state index is 0. The molecule has 0 fully saturated rings. The quantitative estimate of drug-likeness (QED) is 0.682. The molecule has 0 aliphatic heterocycles. The van der Waals surface area contributed by atoms with Gasteiger partial charge in [-0.1, -0.05) is 26.0 Å². The largest absolute Gasteiger partial charge is 2.00 e. The molecular formula is C11H16W. The number of hydrogen-bond donors (Lipinski definition) is 0. The van der Waals surface area contributed by atoms with Crippen molar-refractivity contribution in [3.8, 4) is 0 Å². The van der Waals surface area contributed by atoms with Gasteiger partial charge in [0.2, 0.25) is 0 Å². The predicted molar refractivity (Wildman–Crippen MR) is 49.8 cm³/mol. The van der Waals surface area contributed by atoms with Gasteiger partial charge in [-0.3, -0.25) is 0 Å². The van der Waals surface area contributed by atoms with Crippen LogP contribution in [-0.2, 0) is 21.1 Å². The maximum Gasteiger partial charge on any atom is 2.00 e. The minimum atomic E-state index is 0. The van der Waals surface area contributed by atoms with Crippen LogP contribution in [0.3, 0.4) is 0 Å². The topological polar surface area (TPSA) is 0 Å². The maximum atomic E-state index is 4.06. The molecule has 0 heterocycles. The first-order valence-electron chi connectivity index (χ1n) is 4.23. The summed E-state index contributed by atoms with van der Waals surface area (Å²) in [5.74, 6) is 1.63. The first-order chi connectivity index (χ1) is 5.20. The molecule has 66 valence electrons. The van der Waals surface area contributed by atoms with Crippen LogP contribution in [0.1, 0.15) is 13.8 Å². The predicted octanol–water partition coefficient (Wildman–Crippen LogP) is 3.04. The van der Waals surface area contributed by atoms with Gasteiger partial charge < -0.3 is 13.3 Å². The van der Waals surface area contributed by atoms with E-state index in [0.717, 1.165) is 0 Å². The van der Waals surface area contributed by atoms with Crippen molar-refractivity contribution in [3.63, 3.8) is 0 Å². The summed E-state index contributed by atoms with van der Waals surface area (Å²) in [4.78, 5) is 0. The Hall–Kier alpha value is 0.168. The SMILES string of the molecule is [CH2-]C1C=CC=CC1[CH-]C(C)C.[W+2]. The van der Waals surface area contributed by atoms with Crippen LogP contribution in [0.2, 0.25) is 0 Å². The first-order valence-corrected chi connectivity index (χ1v) is 4.23. The van der Waals surface area contributed by atoms with Gasteiger partial charge in [-0.05, 0) is 0 Å². The van der Waals surface area contributed by atoms with Crippen LogP contribution in [0.4, 0.5) is 0 Å². The molecular weight excluding hydrogens is 316 g/mol. The Kier molecular flexibility index (Phi) is 5.83. The Balaban J connectivity index is 0.00000121. The molecule has 0 spiro atoms. The second-order valence-electron chi connectivity index (χ2n) is 3.45. The summed E-state index contributed by atoms with van der Waals surface area (Å²) in [6.07, 6.45) is 10.9. The molecule has 0 bridgehead atoms. The van der Waals surface area contributed by atoms with E-state index >= 15 is 0 Å². The summed E-state index contributed by atoms with van der Waals surface area (Å²) in [5, 5.41) is 0. The molecule has 1 aliphatic carbocycles. The van der Waals surface area contributed by atoms with Crippen LogP contribution in [0.5, 0.6) is 0 Å². The Labute approximate surface area is 90.4 Å². The fourth-order valence-electron chi connectivity index (χ4n) is 1.32. The zero-order valence-electron chi connectivity index (χ0n) is 7.73. The Morgan fingerprint density at radius 2 is 1.83 bits per heavy atom. The van der Waals surface area contributed by atoms with Gasteiger partial charge in [0.05, 0.1) is 0 Å². The zero-order valence-corrected chi connectivity index (χ0v) is 10.7. The summed E-state index contributed by atoms with van der Waals surface area (Å²) < 4.78 is 0. The van der Waals surface area contributed by atoms with E-state index in [-0.39, 0.29) is 21.1 Å². The first kappa shape index (κ1) is 12.2. The fourth-order valence-corrected chi connectivity index (χ4v) is 1.32. The zero-order chi connectivity index (χ0) is 8.27. The van der Waals surface area contributed by atoms with Crippen molar-refractivity contribution in [2.24, 2.45) is 17.8 Å². The average Bonchev–Trinajstić information content (AvgIpc) is 1.93. The molecule has 0 aromatic carbocycles. The van der Waals surface area contributed by atoms with Crippen molar-refractivity contribution in [2.45, 2.75) is 13.8 Å². The second-order valence-corrected chi connectivity index (χ2v) is 3.45. The number of allylic oxidation sites excluding steroid dienone is 4. The Morgan fingerprint density at radius 1 is 1.25 bits per heavy atom. The molecule has 12 heavy (non-hydrogen) atoms. The molecule has 0 aromatic rings. The van der Waals surface area contributed by atoms with Crippen molar-refractivity contribution in [1.29, 1.82) is 0 Å². The molecule has 0 aromatic heterocycles. The third kappa shape index (κ3) is 3.71. The normalized spacial score (nSPS) is 27.3. The van der Waals surface area contributed by atoms with Gasteiger partial charge >= 0.3 is 21.1 Å². The van der Waals surface area contributed by atoms with Crippen molar-refractivity contribution < 1.29 is 21.1 Å². The van der Waals surface area contributed by atoms with E-state index in [1.165, 1.54) is 0 Å². The van der Waals surface area contributed by atoms with Crippen LogP contribution in [0.25, 0.3) is 0 Å². The van der Waals surface area contributed by atoms with Crippen molar-refractivity contribution in [1.82, 2.24) is 0 Å². The number of hydrogen-bond acceptors (Lipinski definition) is 0. The number of rotatable bonds is 2. The molecule has 0 saturated heterocycles. The molecule has 1 aliphatic rings. The summed E-state index contributed by atoms with van der Waals surface area (Å²) in [7, 11) is 0. The van der Waals surface area contributed by atoms with E-state index < -0.39 is 0 Å². The van der Waals surface area contributed by atoms with Gasteiger partial charge in [0, 0.05) is 0 Å². The summed E-state index contributed by atoms with van der Waals surface area (Å²) in [6, 6.07) is 0. The monoisotopic (exact) mass is 332 g/mol. The second kappa shape index (κ2) is 5.75. The van der Waals surface area contributed by atoms with Gasteiger partial charge in [-0.2, -0.15) is 17.8 Å². The van der Waals surface area contributed by atoms with Crippen LogP contribution < -0.4 is 0 Å². The molecule has 0 nitrogen and oxygen atoms in total. The fraction of sp³-hybridized carbons (Fsp3) is 0.455. The Morgan fingerprint density at radius 3 is 2.33 bits per heavy atom. The average molecular weight is 332 g/mol. The van der Waals surface area contributed by atoms with E-state index in [4.69, 9.17) is 0 Å². The van der Waals surface area contributed by atoms with E-state index in [9.17, 15) is 0 Å². The summed E-state index contributed by atoms with van der Waals surface area (Å²) in [5.41, 5.74) is 0. The van der Waals surface area contributed by atoms with Crippen molar-refractivity contribution >= 4 is 0 Å². The van der Waals surface area contributed by atoms with E-state index in [1.54, 1.807) is 0 Å². The van der Waals surface area contributed by atoms with Gasteiger partial charge in [0.25, 0.3) is 0 Å². The molecule has 1 heteroatoms. The van der Waals surface area contributed by atoms with Gasteiger partial charge in [0.15, 0.2) is 0 Å². The summed E-state index contributed by atoms with van der Waals surface area (Å²) in [6.45, 7) is 8.48. The van der Waals surface area contributed by atoms with Crippen LogP contribution in [0.15, 0.2) is 24.3 Å². The van der Waals surface area contributed by atoms with E-state index in [2.05, 4.69) is 51.5 Å². The molecule has 0 N–H and O–H groups in total. The van der Waals surface area contributed by atoms with E-state index in [0.29, 0.717) is 17.8 Å². The van der Waals surface area contributed by atoms with Crippen LogP contribution in [-0.4, -0.2) is 0 Å². The minimum Gasteiger partial charge on any atom is -0.338 e. The van der Waals surface area contributed by atoms with Gasteiger partial charge in [0.1, 0.15) is 0 Å². The standard InChI is InChI=1S/C11H16.W/c1-9(2)8-11-7-5-4-6-10(11)3;/h4-11H,3H2,1-2H3;/q-2;+2. The molecule has 1 rings (SSSR count). The molecule has 0 radical (unpaired) electrons. The molecule has 0 saturated carbocycles. The van der Waals surface area contributed by atoms with Crippen LogP contribution >= 0.6 is 0 Å². The van der Waals surface area contributed by atoms with Crippen LogP contribution in [0, 0.1) is 31.1 Å². The van der Waals surface area contributed by atoms with Crippen molar-refractivity contribution in [2.75, 3.05) is 0 Å². The van der Waals surface area contributed by atoms with Gasteiger partial charge in [-0.25, -0.2) is 0 Å². The van der Waals surface area contributed by atoms with E-state index in [1.807, 2.05) is 0 Å². The smallest absolute Gasteiger partial charge is 0.338 e. The van der Waals surface area contributed by atoms with Crippen molar-refractivity contribution in [3.05, 3.63) is 37.6 Å². The molecule has 2 unspecified atom stereocenters. The molecule has 0 amide bonds. The maximum absolute atomic E-state index is 4.06. The van der Waals surface area contributed by atoms with Gasteiger partial charge in [-0.15, -0.1) is 12.2 Å². The third-order valence-corrected chi connectivity index (χ3v) is 1.90. The Bertz CT molecular complexity index is 168. The molecule has 2 atom stereocenters.